The molecule has 29 heavy (non-hydrogen) atoms. The van der Waals surface area contributed by atoms with Gasteiger partial charge in [0.05, 0.1) is 17.6 Å². The first-order chi connectivity index (χ1) is 13.7. The molecule has 0 unspecified atom stereocenters. The quantitative estimate of drug-likeness (QED) is 0.755. The van der Waals surface area contributed by atoms with E-state index >= 15 is 0 Å². The minimum absolute atomic E-state index is 0.124. The average Bonchev–Trinajstić information content (AvgIpc) is 2.69. The summed E-state index contributed by atoms with van der Waals surface area (Å²) in [5.74, 6) is 0.576. The lowest BCUT2D eigenvalue weighted by molar-refractivity contribution is -0.137. The van der Waals surface area contributed by atoms with Crippen molar-refractivity contribution in [3.8, 4) is 11.6 Å². The zero-order chi connectivity index (χ0) is 21.1. The number of sulfonamides is 1. The predicted octanol–water partition coefficient (Wildman–Crippen LogP) is 3.78. The van der Waals surface area contributed by atoms with Gasteiger partial charge in [0.15, 0.2) is 0 Å². The minimum Gasteiger partial charge on any atom is -0.497 e. The Balaban J connectivity index is 1.53. The highest BCUT2D eigenvalue weighted by Gasteiger charge is 2.31. The maximum absolute atomic E-state index is 12.6. The van der Waals surface area contributed by atoms with E-state index in [1.165, 1.54) is 25.3 Å². The third-order valence-electron chi connectivity index (χ3n) is 4.70. The molecule has 0 spiro atoms. The lowest BCUT2D eigenvalue weighted by Crippen LogP contribution is -2.39. The highest BCUT2D eigenvalue weighted by atomic mass is 32.2. The number of nitrogens with one attached hydrogen (secondary N) is 1. The van der Waals surface area contributed by atoms with Crippen molar-refractivity contribution in [3.63, 3.8) is 0 Å². The van der Waals surface area contributed by atoms with Crippen LogP contribution < -0.4 is 14.2 Å². The second kappa shape index (κ2) is 8.58. The average molecular weight is 430 g/mol. The summed E-state index contributed by atoms with van der Waals surface area (Å²) in [5.41, 5.74) is -0.833. The number of alkyl halides is 3. The first kappa shape index (κ1) is 21.4. The molecule has 6 nitrogen and oxygen atoms in total. The summed E-state index contributed by atoms with van der Waals surface area (Å²) in [4.78, 5) is 3.84. The van der Waals surface area contributed by atoms with Gasteiger partial charge < -0.3 is 9.47 Å². The van der Waals surface area contributed by atoms with E-state index in [0.29, 0.717) is 31.4 Å². The molecule has 0 radical (unpaired) electrons. The SMILES string of the molecule is COc1cccc(S(=O)(=O)NC2CCC(Oc3ccc(C(F)(F)F)cn3)CC2)c1. The van der Waals surface area contributed by atoms with Gasteiger partial charge in [0.25, 0.3) is 0 Å². The van der Waals surface area contributed by atoms with Crippen molar-refractivity contribution in [1.82, 2.24) is 9.71 Å². The van der Waals surface area contributed by atoms with Crippen LogP contribution in [-0.4, -0.2) is 32.7 Å². The highest BCUT2D eigenvalue weighted by Crippen LogP contribution is 2.30. The Morgan fingerprint density at radius 1 is 1.10 bits per heavy atom. The molecule has 1 aromatic carbocycles. The monoisotopic (exact) mass is 430 g/mol. The number of halogens is 3. The van der Waals surface area contributed by atoms with E-state index in [9.17, 15) is 21.6 Å². The largest absolute Gasteiger partial charge is 0.497 e. The normalized spacial score (nSPS) is 20.3. The number of methoxy groups -OCH3 is 1. The van der Waals surface area contributed by atoms with Crippen LogP contribution in [0.2, 0.25) is 0 Å². The number of benzene rings is 1. The molecule has 1 N–H and O–H groups in total. The van der Waals surface area contributed by atoms with Crippen LogP contribution in [0.15, 0.2) is 47.5 Å². The van der Waals surface area contributed by atoms with E-state index in [1.807, 2.05) is 0 Å². The lowest BCUT2D eigenvalue weighted by Gasteiger charge is -2.29. The molecule has 3 rings (SSSR count). The number of hydrogen-bond acceptors (Lipinski definition) is 5. The van der Waals surface area contributed by atoms with Gasteiger partial charge in [-0.15, -0.1) is 0 Å². The van der Waals surface area contributed by atoms with E-state index in [-0.39, 0.29) is 22.9 Å². The first-order valence-corrected chi connectivity index (χ1v) is 10.5. The number of hydrogen-bond donors (Lipinski definition) is 1. The molecule has 1 fully saturated rings. The second-order valence-electron chi connectivity index (χ2n) is 6.77. The van der Waals surface area contributed by atoms with E-state index in [4.69, 9.17) is 9.47 Å². The summed E-state index contributed by atoms with van der Waals surface area (Å²) in [6, 6.07) is 8.10. The van der Waals surface area contributed by atoms with E-state index in [0.717, 1.165) is 12.3 Å². The van der Waals surface area contributed by atoms with Crippen LogP contribution in [-0.2, 0) is 16.2 Å². The van der Waals surface area contributed by atoms with E-state index < -0.39 is 21.8 Å². The molecule has 10 heteroatoms. The fourth-order valence-corrected chi connectivity index (χ4v) is 4.48. The molecule has 0 atom stereocenters. The van der Waals surface area contributed by atoms with Gasteiger partial charge in [0, 0.05) is 24.4 Å². The van der Waals surface area contributed by atoms with E-state index in [1.54, 1.807) is 12.1 Å². The lowest BCUT2D eigenvalue weighted by atomic mass is 9.94. The Kier molecular flexibility index (Phi) is 6.33. The zero-order valence-corrected chi connectivity index (χ0v) is 16.5. The molecule has 1 heterocycles. The third-order valence-corrected chi connectivity index (χ3v) is 6.22. The van der Waals surface area contributed by atoms with Gasteiger partial charge >= 0.3 is 6.18 Å². The zero-order valence-electron chi connectivity index (χ0n) is 15.6. The summed E-state index contributed by atoms with van der Waals surface area (Å²) in [5, 5.41) is 0. The predicted molar refractivity (Wildman–Crippen MR) is 99.2 cm³/mol. The first-order valence-electron chi connectivity index (χ1n) is 9.03. The number of ether oxygens (including phenoxy) is 2. The molecular formula is C19H21F3N2O4S. The van der Waals surface area contributed by atoms with Crippen LogP contribution in [0.1, 0.15) is 31.2 Å². The van der Waals surface area contributed by atoms with Crippen molar-refractivity contribution in [2.24, 2.45) is 0 Å². The summed E-state index contributed by atoms with van der Waals surface area (Å²) < 4.78 is 76.2. The van der Waals surface area contributed by atoms with Crippen LogP contribution in [0.3, 0.4) is 0 Å². The van der Waals surface area contributed by atoms with Gasteiger partial charge in [-0.3, -0.25) is 0 Å². The van der Waals surface area contributed by atoms with Crippen molar-refractivity contribution in [3.05, 3.63) is 48.2 Å². The van der Waals surface area contributed by atoms with Crippen LogP contribution in [0, 0.1) is 0 Å². The number of rotatable bonds is 6. The van der Waals surface area contributed by atoms with Crippen LogP contribution >= 0.6 is 0 Å². The minimum atomic E-state index is -4.44. The molecule has 0 bridgehead atoms. The van der Waals surface area contributed by atoms with Crippen molar-refractivity contribution < 1.29 is 31.1 Å². The third kappa shape index (κ3) is 5.60. The smallest absolute Gasteiger partial charge is 0.417 e. The van der Waals surface area contributed by atoms with Crippen molar-refractivity contribution >= 4 is 10.0 Å². The van der Waals surface area contributed by atoms with Crippen LogP contribution in [0.4, 0.5) is 13.2 Å². The van der Waals surface area contributed by atoms with E-state index in [2.05, 4.69) is 9.71 Å². The van der Waals surface area contributed by atoms with Crippen molar-refractivity contribution in [1.29, 1.82) is 0 Å². The Bertz CT molecular complexity index is 925. The van der Waals surface area contributed by atoms with Crippen molar-refractivity contribution in [2.75, 3.05) is 7.11 Å². The fourth-order valence-electron chi connectivity index (χ4n) is 3.14. The summed E-state index contributed by atoms with van der Waals surface area (Å²) in [6.45, 7) is 0. The standard InChI is InChI=1S/C19H21F3N2O4S/c1-27-16-3-2-4-17(11-16)29(25,26)24-14-6-8-15(9-7-14)28-18-10-5-13(12-23-18)19(20,21)22/h2-5,10-12,14-15,24H,6-9H2,1H3. The Morgan fingerprint density at radius 2 is 1.83 bits per heavy atom. The van der Waals surface area contributed by atoms with Crippen LogP contribution in [0.25, 0.3) is 0 Å². The number of pyridine rings is 1. The maximum atomic E-state index is 12.6. The summed E-state index contributed by atoms with van der Waals surface area (Å²) in [6.07, 6.45) is -1.70. The molecule has 0 saturated heterocycles. The number of aromatic nitrogens is 1. The Hall–Kier alpha value is -2.33. The van der Waals surface area contributed by atoms with Gasteiger partial charge in [-0.2, -0.15) is 13.2 Å². The highest BCUT2D eigenvalue weighted by molar-refractivity contribution is 7.89. The molecule has 1 aliphatic rings. The van der Waals surface area contributed by atoms with Gasteiger partial charge in [0.2, 0.25) is 15.9 Å². The molecule has 1 aromatic heterocycles. The maximum Gasteiger partial charge on any atom is 0.417 e. The topological polar surface area (TPSA) is 77.5 Å². The fraction of sp³-hybridized carbons (Fsp3) is 0.421. The molecule has 2 aromatic rings. The Labute approximate surface area is 167 Å². The number of nitrogens with zero attached hydrogens (tertiary/aromatic N) is 1. The van der Waals surface area contributed by atoms with Crippen LogP contribution in [0.5, 0.6) is 11.6 Å². The summed E-state index contributed by atoms with van der Waals surface area (Å²) in [7, 11) is -2.21. The molecular weight excluding hydrogens is 409 g/mol. The molecule has 0 amide bonds. The molecule has 158 valence electrons. The van der Waals surface area contributed by atoms with Gasteiger partial charge in [0.1, 0.15) is 11.9 Å². The van der Waals surface area contributed by atoms with Gasteiger partial charge in [-0.1, -0.05) is 6.07 Å². The molecule has 1 saturated carbocycles. The summed E-state index contributed by atoms with van der Waals surface area (Å²) >= 11 is 0. The molecule has 1 aliphatic carbocycles. The molecule has 0 aliphatic heterocycles. The van der Waals surface area contributed by atoms with Gasteiger partial charge in [-0.05, 0) is 43.9 Å². The second-order valence-corrected chi connectivity index (χ2v) is 8.49. The van der Waals surface area contributed by atoms with Crippen molar-refractivity contribution in [2.45, 2.75) is 48.9 Å². The Morgan fingerprint density at radius 3 is 2.41 bits per heavy atom. The van der Waals surface area contributed by atoms with Gasteiger partial charge in [-0.25, -0.2) is 18.1 Å².